The molecule has 4 aromatic rings. The van der Waals surface area contributed by atoms with Crippen LogP contribution in [-0.4, -0.2) is 15.0 Å². The second kappa shape index (κ2) is 10.1. The number of nitrogens with zero attached hydrogens (tertiary/aromatic N) is 3. The number of nitrogen functional groups attached to an aromatic ring is 1. The van der Waals surface area contributed by atoms with Crippen molar-refractivity contribution in [2.75, 3.05) is 5.73 Å². The van der Waals surface area contributed by atoms with Gasteiger partial charge in [0.25, 0.3) is 13.6 Å². The second-order valence-corrected chi connectivity index (χ2v) is 8.48. The number of phosphoric ester groups is 1. The molecule has 0 saturated heterocycles. The molecule has 0 aliphatic heterocycles. The monoisotopic (exact) mass is 486 g/mol. The summed E-state index contributed by atoms with van der Waals surface area (Å²) >= 11 is 0. The number of halogens is 1. The molecule has 0 radical (unpaired) electrons. The molecule has 0 aliphatic carbocycles. The Labute approximate surface area is 193 Å². The van der Waals surface area contributed by atoms with E-state index in [1.165, 1.54) is 22.9 Å². The smallest absolute Gasteiger partial charge is 0.285 e. The third-order valence-electron chi connectivity index (χ3n) is 4.76. The number of hydrogen-bond acceptors (Lipinski definition) is 8. The number of pyridine rings is 2. The van der Waals surface area contributed by atoms with Crippen LogP contribution in [0.5, 0.6) is 5.88 Å². The summed E-state index contributed by atoms with van der Waals surface area (Å²) in [5, 5.41) is 4.07. The van der Waals surface area contributed by atoms with Crippen molar-refractivity contribution >= 4 is 13.6 Å². The van der Waals surface area contributed by atoms with Gasteiger partial charge in [0, 0.05) is 24.8 Å². The maximum atomic E-state index is 13.3. The van der Waals surface area contributed by atoms with E-state index in [4.69, 9.17) is 19.9 Å². The molecule has 10 nitrogen and oxygen atoms in total. The Morgan fingerprint density at radius 2 is 2.03 bits per heavy atom. The quantitative estimate of drug-likeness (QED) is 0.269. The Morgan fingerprint density at radius 3 is 2.82 bits per heavy atom. The van der Waals surface area contributed by atoms with Crippen molar-refractivity contribution in [3.05, 3.63) is 89.6 Å². The van der Waals surface area contributed by atoms with E-state index >= 15 is 0 Å². The molecule has 1 unspecified atom stereocenters. The number of nitrogens with two attached hydrogens (primary N) is 1. The van der Waals surface area contributed by atoms with E-state index in [1.807, 2.05) is 6.07 Å². The summed E-state index contributed by atoms with van der Waals surface area (Å²) in [5.74, 6) is 0.585. The minimum Gasteiger partial charge on any atom is -0.756 e. The number of phosphoric acid groups is 1. The van der Waals surface area contributed by atoms with Crippen LogP contribution >= 0.6 is 7.82 Å². The number of benzene rings is 1. The highest BCUT2D eigenvalue weighted by Gasteiger charge is 2.18. The van der Waals surface area contributed by atoms with Gasteiger partial charge in [0.1, 0.15) is 18.0 Å². The van der Waals surface area contributed by atoms with Crippen LogP contribution in [0.3, 0.4) is 0 Å². The minimum absolute atomic E-state index is 0.163. The highest BCUT2D eigenvalue weighted by molar-refractivity contribution is 7.44. The summed E-state index contributed by atoms with van der Waals surface area (Å²) in [6.45, 7) is -0.315. The SMILES string of the molecule is Nc1c(-c2cc(Cc3ccnc(OCc4cccc(F)c4)c3)no2)ccc[n+]1COP(=O)([O-])O. The molecule has 34 heavy (non-hydrogen) atoms. The summed E-state index contributed by atoms with van der Waals surface area (Å²) in [6.07, 6.45) is 3.52. The number of rotatable bonds is 9. The van der Waals surface area contributed by atoms with Crippen LogP contribution in [0.15, 0.2) is 71.5 Å². The molecule has 12 heteroatoms. The molecule has 1 atom stereocenters. The van der Waals surface area contributed by atoms with E-state index in [-0.39, 0.29) is 18.2 Å². The van der Waals surface area contributed by atoms with Crippen LogP contribution in [0.1, 0.15) is 16.8 Å². The van der Waals surface area contributed by atoms with Crippen LogP contribution < -0.4 is 19.9 Å². The van der Waals surface area contributed by atoms with Gasteiger partial charge in [-0.15, -0.1) is 0 Å². The molecule has 0 aliphatic rings. The van der Waals surface area contributed by atoms with Crippen LogP contribution in [0.4, 0.5) is 10.2 Å². The largest absolute Gasteiger partial charge is 0.756 e. The van der Waals surface area contributed by atoms with Crippen LogP contribution in [-0.2, 0) is 28.8 Å². The molecule has 1 aromatic carbocycles. The lowest BCUT2D eigenvalue weighted by Crippen LogP contribution is -2.38. The Kier molecular flexibility index (Phi) is 6.99. The molecule has 3 heterocycles. The molecule has 0 saturated carbocycles. The molecule has 0 spiro atoms. The van der Waals surface area contributed by atoms with Crippen LogP contribution in [0.25, 0.3) is 11.3 Å². The number of aromatic nitrogens is 3. The highest BCUT2D eigenvalue weighted by Crippen LogP contribution is 2.30. The Balaban J connectivity index is 1.44. The molecule has 176 valence electrons. The first kappa shape index (κ1) is 23.5. The minimum atomic E-state index is -4.90. The summed E-state index contributed by atoms with van der Waals surface area (Å²) in [6, 6.07) is 14.7. The van der Waals surface area contributed by atoms with Gasteiger partial charge in [-0.2, -0.15) is 0 Å². The van der Waals surface area contributed by atoms with Crippen LogP contribution in [0, 0.1) is 5.82 Å². The zero-order valence-corrected chi connectivity index (χ0v) is 18.6. The van der Waals surface area contributed by atoms with Crippen molar-refractivity contribution in [2.45, 2.75) is 19.8 Å². The molecule has 3 N–H and O–H groups in total. The standard InChI is InChI=1S/C22H20FN4O6P/c23-17-4-1-3-16(9-17)13-31-21-11-15(6-7-25-21)10-18-12-20(33-26-18)19-5-2-8-27(22(19)24)14-32-34(28,29)30/h1-9,11-12,24H,10,13-14H2,(H2,28,29,30). The summed E-state index contributed by atoms with van der Waals surface area (Å²) in [4.78, 5) is 23.8. The summed E-state index contributed by atoms with van der Waals surface area (Å²) in [5.41, 5.74) is 8.73. The Morgan fingerprint density at radius 1 is 1.18 bits per heavy atom. The Hall–Kier alpha value is -3.63. The van der Waals surface area contributed by atoms with Gasteiger partial charge in [0.05, 0.1) is 11.9 Å². The van der Waals surface area contributed by atoms with Crippen molar-refractivity contribution in [1.82, 2.24) is 10.1 Å². The first-order valence-corrected chi connectivity index (χ1v) is 11.5. The van der Waals surface area contributed by atoms with E-state index in [2.05, 4.69) is 14.7 Å². The predicted octanol–water partition coefficient (Wildman–Crippen LogP) is 2.35. The predicted molar refractivity (Wildman–Crippen MR) is 115 cm³/mol. The maximum Gasteiger partial charge on any atom is 0.285 e. The molecule has 4 rings (SSSR count). The van der Waals surface area contributed by atoms with E-state index in [0.717, 1.165) is 5.56 Å². The van der Waals surface area contributed by atoms with E-state index in [0.29, 0.717) is 34.9 Å². The molecule has 0 fully saturated rings. The third-order valence-corrected chi connectivity index (χ3v) is 5.20. The zero-order chi connectivity index (χ0) is 24.1. The molecule has 0 amide bonds. The van der Waals surface area contributed by atoms with Gasteiger partial charge < -0.3 is 19.0 Å². The van der Waals surface area contributed by atoms with E-state index < -0.39 is 14.6 Å². The fourth-order valence-corrected chi connectivity index (χ4v) is 3.44. The lowest BCUT2D eigenvalue weighted by molar-refractivity contribution is -0.712. The van der Waals surface area contributed by atoms with Crippen LogP contribution in [0.2, 0.25) is 0 Å². The molecular formula is C22H20FN4O6P. The lowest BCUT2D eigenvalue weighted by atomic mass is 10.1. The van der Waals surface area contributed by atoms with Gasteiger partial charge in [-0.1, -0.05) is 17.3 Å². The molecular weight excluding hydrogens is 466 g/mol. The van der Waals surface area contributed by atoms with Crippen molar-refractivity contribution in [3.8, 4) is 17.2 Å². The van der Waals surface area contributed by atoms with Gasteiger partial charge in [0.2, 0.25) is 5.88 Å². The average molecular weight is 486 g/mol. The van der Waals surface area contributed by atoms with Gasteiger partial charge in [-0.25, -0.2) is 13.9 Å². The van der Waals surface area contributed by atoms with Gasteiger partial charge in [-0.3, -0.25) is 14.8 Å². The van der Waals surface area contributed by atoms with Crippen molar-refractivity contribution in [2.24, 2.45) is 0 Å². The lowest BCUT2D eigenvalue weighted by Gasteiger charge is -2.14. The topological polar surface area (TPSA) is 148 Å². The fraction of sp³-hybridized carbons (Fsp3) is 0.136. The first-order chi connectivity index (χ1) is 16.3. The van der Waals surface area contributed by atoms with E-state index in [1.54, 1.807) is 42.6 Å². The number of anilines is 1. The average Bonchev–Trinajstić information content (AvgIpc) is 3.25. The summed E-state index contributed by atoms with van der Waals surface area (Å²) in [7, 11) is -4.90. The fourth-order valence-electron chi connectivity index (χ4n) is 3.17. The number of ether oxygens (including phenoxy) is 1. The summed E-state index contributed by atoms with van der Waals surface area (Å²) < 4.78 is 40.9. The van der Waals surface area contributed by atoms with Crippen molar-refractivity contribution in [3.63, 3.8) is 0 Å². The molecule has 3 aromatic heterocycles. The zero-order valence-electron chi connectivity index (χ0n) is 17.7. The third kappa shape index (κ3) is 6.24. The van der Waals surface area contributed by atoms with Gasteiger partial charge in [-0.05, 0) is 41.5 Å². The highest BCUT2D eigenvalue weighted by atomic mass is 31.2. The normalized spacial score (nSPS) is 12.9. The van der Waals surface area contributed by atoms with Gasteiger partial charge >= 0.3 is 0 Å². The number of hydrogen-bond donors (Lipinski definition) is 2. The van der Waals surface area contributed by atoms with Crippen molar-refractivity contribution < 1.29 is 37.1 Å². The van der Waals surface area contributed by atoms with Crippen molar-refractivity contribution in [1.29, 1.82) is 0 Å². The second-order valence-electron chi connectivity index (χ2n) is 7.28. The Bertz CT molecular complexity index is 1340. The van der Waals surface area contributed by atoms with Gasteiger partial charge in [0.15, 0.2) is 12.5 Å². The first-order valence-electron chi connectivity index (χ1n) is 10.0. The van der Waals surface area contributed by atoms with E-state index in [9.17, 15) is 13.8 Å². The maximum absolute atomic E-state index is 13.3. The molecule has 0 bridgehead atoms.